The van der Waals surface area contributed by atoms with Crippen molar-refractivity contribution in [3.05, 3.63) is 65.2 Å². The molecule has 1 aliphatic heterocycles. The van der Waals surface area contributed by atoms with Crippen LogP contribution in [0.2, 0.25) is 0 Å². The lowest BCUT2D eigenvalue weighted by molar-refractivity contribution is -0.119. The van der Waals surface area contributed by atoms with Crippen molar-refractivity contribution in [3.8, 4) is 0 Å². The Bertz CT molecular complexity index is 700. The number of nitrogens with zero attached hydrogens (tertiary/aromatic N) is 1. The molecular weight excluding hydrogens is 300 g/mol. The summed E-state index contributed by atoms with van der Waals surface area (Å²) < 4.78 is 5.15. The van der Waals surface area contributed by atoms with E-state index in [1.165, 1.54) is 11.3 Å². The number of hydrogen-bond acceptors (Lipinski definition) is 3. The summed E-state index contributed by atoms with van der Waals surface area (Å²) in [6, 6.07) is 16.5. The molecular formula is C20H24N2O2. The van der Waals surface area contributed by atoms with Crippen LogP contribution >= 0.6 is 0 Å². The molecule has 0 atom stereocenters. The van der Waals surface area contributed by atoms with Crippen molar-refractivity contribution in [1.82, 2.24) is 5.32 Å². The molecule has 4 nitrogen and oxygen atoms in total. The third-order valence-corrected chi connectivity index (χ3v) is 4.33. The van der Waals surface area contributed by atoms with Crippen molar-refractivity contribution in [2.45, 2.75) is 26.0 Å². The molecule has 0 aliphatic carbocycles. The Morgan fingerprint density at radius 2 is 2.00 bits per heavy atom. The first-order chi connectivity index (χ1) is 11.8. The van der Waals surface area contributed by atoms with E-state index in [9.17, 15) is 4.79 Å². The van der Waals surface area contributed by atoms with Crippen LogP contribution in [0.1, 0.15) is 23.1 Å². The summed E-state index contributed by atoms with van der Waals surface area (Å²) >= 11 is 0. The minimum Gasteiger partial charge on any atom is -0.380 e. The number of nitrogens with one attached hydrogen (secondary N) is 1. The number of para-hydroxylation sites is 1. The predicted molar refractivity (Wildman–Crippen MR) is 96.0 cm³/mol. The maximum Gasteiger partial charge on any atom is 0.239 e. The second-order valence-electron chi connectivity index (χ2n) is 6.18. The summed E-state index contributed by atoms with van der Waals surface area (Å²) in [5.41, 5.74) is 4.75. The molecule has 1 heterocycles. The molecule has 0 unspecified atom stereocenters. The molecule has 3 rings (SSSR count). The summed E-state index contributed by atoms with van der Waals surface area (Å²) in [5.74, 6) is 0.0591. The minimum atomic E-state index is 0.0591. The van der Waals surface area contributed by atoms with Gasteiger partial charge in [-0.3, -0.25) is 4.79 Å². The van der Waals surface area contributed by atoms with Gasteiger partial charge in [0, 0.05) is 25.9 Å². The van der Waals surface area contributed by atoms with Gasteiger partial charge in [0.15, 0.2) is 0 Å². The van der Waals surface area contributed by atoms with Crippen LogP contribution in [-0.2, 0) is 29.1 Å². The van der Waals surface area contributed by atoms with E-state index in [1.54, 1.807) is 7.11 Å². The van der Waals surface area contributed by atoms with E-state index >= 15 is 0 Å². The Labute approximate surface area is 143 Å². The molecule has 0 bridgehead atoms. The number of benzene rings is 2. The Morgan fingerprint density at radius 1 is 1.17 bits per heavy atom. The van der Waals surface area contributed by atoms with E-state index in [4.69, 9.17) is 4.74 Å². The molecule has 2 aromatic rings. The summed E-state index contributed by atoms with van der Waals surface area (Å²) in [7, 11) is 1.69. The average Bonchev–Trinajstić information content (AvgIpc) is 2.61. The molecule has 1 aliphatic rings. The molecule has 2 aromatic carbocycles. The molecule has 4 heteroatoms. The zero-order valence-electron chi connectivity index (χ0n) is 14.1. The first-order valence-corrected chi connectivity index (χ1v) is 8.42. The summed E-state index contributed by atoms with van der Waals surface area (Å²) in [6.45, 7) is 2.49. The third kappa shape index (κ3) is 4.15. The lowest BCUT2D eigenvalue weighted by atomic mass is 10.0. The Morgan fingerprint density at radius 3 is 2.88 bits per heavy atom. The fourth-order valence-corrected chi connectivity index (χ4v) is 3.20. The van der Waals surface area contributed by atoms with Crippen molar-refractivity contribution < 1.29 is 9.53 Å². The highest BCUT2D eigenvalue weighted by atomic mass is 16.5. The topological polar surface area (TPSA) is 41.6 Å². The normalized spacial score (nSPS) is 13.5. The fourth-order valence-electron chi connectivity index (χ4n) is 3.20. The van der Waals surface area contributed by atoms with Crippen LogP contribution in [0.3, 0.4) is 0 Å². The number of carbonyl (C=O) groups is 1. The van der Waals surface area contributed by atoms with E-state index in [0.717, 1.165) is 30.5 Å². The molecule has 24 heavy (non-hydrogen) atoms. The van der Waals surface area contributed by atoms with Gasteiger partial charge in [0.25, 0.3) is 0 Å². The number of rotatable bonds is 6. The highest BCUT2D eigenvalue weighted by Crippen LogP contribution is 2.26. The molecule has 126 valence electrons. The number of fused-ring (bicyclic) bond motifs is 1. The minimum absolute atomic E-state index is 0.0591. The Balaban J connectivity index is 1.56. The number of anilines is 1. The van der Waals surface area contributed by atoms with Crippen LogP contribution in [0.25, 0.3) is 0 Å². The zero-order valence-corrected chi connectivity index (χ0v) is 14.1. The summed E-state index contributed by atoms with van der Waals surface area (Å²) in [4.78, 5) is 14.5. The molecule has 1 amide bonds. The second-order valence-corrected chi connectivity index (χ2v) is 6.18. The molecule has 0 fully saturated rings. The van der Waals surface area contributed by atoms with Crippen LogP contribution in [0.15, 0.2) is 48.5 Å². The van der Waals surface area contributed by atoms with Crippen molar-refractivity contribution in [2.24, 2.45) is 0 Å². The maximum absolute atomic E-state index is 12.3. The third-order valence-electron chi connectivity index (χ3n) is 4.33. The van der Waals surface area contributed by atoms with E-state index in [0.29, 0.717) is 19.7 Å². The quantitative estimate of drug-likeness (QED) is 0.888. The monoisotopic (exact) mass is 324 g/mol. The molecule has 0 saturated heterocycles. The number of aryl methyl sites for hydroxylation is 1. The van der Waals surface area contributed by atoms with Gasteiger partial charge in [-0.05, 0) is 35.6 Å². The number of carbonyl (C=O) groups excluding carboxylic acids is 1. The number of amides is 1. The van der Waals surface area contributed by atoms with Gasteiger partial charge < -0.3 is 15.0 Å². The van der Waals surface area contributed by atoms with Gasteiger partial charge in [-0.15, -0.1) is 0 Å². The van der Waals surface area contributed by atoms with E-state index in [2.05, 4.69) is 34.5 Å². The number of ether oxygens (including phenoxy) is 1. The van der Waals surface area contributed by atoms with Crippen molar-refractivity contribution in [1.29, 1.82) is 0 Å². The van der Waals surface area contributed by atoms with Gasteiger partial charge in [0.1, 0.15) is 0 Å². The van der Waals surface area contributed by atoms with Crippen LogP contribution in [-0.4, -0.2) is 26.1 Å². The molecule has 0 saturated carbocycles. The van der Waals surface area contributed by atoms with Gasteiger partial charge in [-0.2, -0.15) is 0 Å². The van der Waals surface area contributed by atoms with Gasteiger partial charge >= 0.3 is 0 Å². The van der Waals surface area contributed by atoms with E-state index < -0.39 is 0 Å². The highest BCUT2D eigenvalue weighted by Gasteiger charge is 2.18. The van der Waals surface area contributed by atoms with E-state index in [1.807, 2.05) is 24.3 Å². The van der Waals surface area contributed by atoms with Crippen molar-refractivity contribution in [2.75, 3.05) is 25.1 Å². The van der Waals surface area contributed by atoms with Gasteiger partial charge in [0.2, 0.25) is 5.91 Å². The maximum atomic E-state index is 12.3. The van der Waals surface area contributed by atoms with Gasteiger partial charge in [-0.1, -0.05) is 42.5 Å². The highest BCUT2D eigenvalue weighted by molar-refractivity contribution is 5.81. The number of hydrogen-bond donors (Lipinski definition) is 1. The lowest BCUT2D eigenvalue weighted by Crippen LogP contribution is -2.39. The standard InChI is InChI=1S/C20H24N2O2/c1-24-15-17-7-4-6-16(12-17)13-21-20(23)14-22-11-5-9-18-8-2-3-10-19(18)22/h2-4,6-8,10,12H,5,9,11,13-15H2,1H3,(H,21,23). The molecule has 0 radical (unpaired) electrons. The fraction of sp³-hybridized carbons (Fsp3) is 0.350. The first kappa shape index (κ1) is 16.5. The van der Waals surface area contributed by atoms with Gasteiger partial charge in [0.05, 0.1) is 13.2 Å². The van der Waals surface area contributed by atoms with Crippen LogP contribution in [0.5, 0.6) is 0 Å². The smallest absolute Gasteiger partial charge is 0.239 e. The molecule has 0 aromatic heterocycles. The van der Waals surface area contributed by atoms with E-state index in [-0.39, 0.29) is 5.91 Å². The largest absolute Gasteiger partial charge is 0.380 e. The second kappa shape index (κ2) is 7.97. The average molecular weight is 324 g/mol. The Kier molecular flexibility index (Phi) is 5.49. The SMILES string of the molecule is COCc1cccc(CNC(=O)CN2CCCc3ccccc32)c1. The van der Waals surface area contributed by atoms with Crippen LogP contribution < -0.4 is 10.2 Å². The summed E-state index contributed by atoms with van der Waals surface area (Å²) in [6.07, 6.45) is 2.20. The zero-order chi connectivity index (χ0) is 16.8. The first-order valence-electron chi connectivity index (χ1n) is 8.42. The predicted octanol–water partition coefficient (Wildman–Crippen LogP) is 2.90. The molecule has 1 N–H and O–H groups in total. The van der Waals surface area contributed by atoms with Crippen molar-refractivity contribution >= 4 is 11.6 Å². The van der Waals surface area contributed by atoms with Gasteiger partial charge in [-0.25, -0.2) is 0 Å². The number of methoxy groups -OCH3 is 1. The van der Waals surface area contributed by atoms with Crippen LogP contribution in [0.4, 0.5) is 5.69 Å². The summed E-state index contributed by atoms with van der Waals surface area (Å²) in [5, 5.41) is 3.02. The Hall–Kier alpha value is -2.33. The van der Waals surface area contributed by atoms with Crippen molar-refractivity contribution in [3.63, 3.8) is 0 Å². The lowest BCUT2D eigenvalue weighted by Gasteiger charge is -2.30. The molecule has 0 spiro atoms. The van der Waals surface area contributed by atoms with Crippen LogP contribution in [0, 0.1) is 0 Å².